The van der Waals surface area contributed by atoms with Crippen LogP contribution in [-0.2, 0) is 0 Å². The van der Waals surface area contributed by atoms with Gasteiger partial charge in [-0.1, -0.05) is 0 Å². The van der Waals surface area contributed by atoms with E-state index in [0.29, 0.717) is 4.88 Å². The van der Waals surface area contributed by atoms with Crippen LogP contribution in [0.1, 0.15) is 23.5 Å². The Morgan fingerprint density at radius 3 is 2.94 bits per heavy atom. The Morgan fingerprint density at radius 1 is 1.50 bits per heavy atom. The summed E-state index contributed by atoms with van der Waals surface area (Å²) in [5, 5.41) is 5.08. The van der Waals surface area contributed by atoms with Crippen LogP contribution in [0.2, 0.25) is 0 Å². The first-order valence-corrected chi connectivity index (χ1v) is 5.77. The molecule has 0 saturated carbocycles. The molecule has 0 saturated heterocycles. The lowest BCUT2D eigenvalue weighted by Crippen LogP contribution is -2.04. The molecule has 0 bridgehead atoms. The van der Waals surface area contributed by atoms with Crippen LogP contribution in [0.3, 0.4) is 0 Å². The molecule has 2 rings (SSSR count). The highest BCUT2D eigenvalue weighted by Crippen LogP contribution is 2.21. The molecular weight excluding hydrogens is 224 g/mol. The number of aromatic nitrogens is 2. The van der Waals surface area contributed by atoms with Crippen molar-refractivity contribution in [2.75, 3.05) is 0 Å². The van der Waals surface area contributed by atoms with Crippen molar-refractivity contribution in [3.05, 3.63) is 29.4 Å². The quantitative estimate of drug-likeness (QED) is 0.766. The van der Waals surface area contributed by atoms with Gasteiger partial charge in [0.05, 0.1) is 23.4 Å². The first kappa shape index (κ1) is 10.9. The van der Waals surface area contributed by atoms with E-state index in [4.69, 9.17) is 4.74 Å². The maximum atomic E-state index is 10.6. The van der Waals surface area contributed by atoms with E-state index in [1.54, 1.807) is 23.1 Å². The smallest absolute Gasteiger partial charge is 0.160 e. The minimum absolute atomic E-state index is 0.131. The van der Waals surface area contributed by atoms with Gasteiger partial charge in [-0.15, -0.1) is 11.3 Å². The Balaban J connectivity index is 2.20. The molecule has 0 aliphatic carbocycles. The average molecular weight is 236 g/mol. The van der Waals surface area contributed by atoms with Gasteiger partial charge in [0.2, 0.25) is 0 Å². The molecule has 2 aromatic rings. The number of hydrogen-bond donors (Lipinski definition) is 0. The van der Waals surface area contributed by atoms with Crippen LogP contribution in [0.4, 0.5) is 0 Å². The van der Waals surface area contributed by atoms with E-state index in [1.807, 2.05) is 19.9 Å². The lowest BCUT2D eigenvalue weighted by Gasteiger charge is -2.05. The first-order valence-electron chi connectivity index (χ1n) is 4.96. The van der Waals surface area contributed by atoms with E-state index in [1.165, 1.54) is 11.3 Å². The van der Waals surface area contributed by atoms with E-state index in [9.17, 15) is 4.79 Å². The second-order valence-electron chi connectivity index (χ2n) is 3.58. The Kier molecular flexibility index (Phi) is 3.05. The van der Waals surface area contributed by atoms with Gasteiger partial charge in [0.25, 0.3) is 0 Å². The van der Waals surface area contributed by atoms with Gasteiger partial charge in [0, 0.05) is 0 Å². The Hall–Kier alpha value is -1.62. The van der Waals surface area contributed by atoms with Gasteiger partial charge >= 0.3 is 0 Å². The van der Waals surface area contributed by atoms with Gasteiger partial charge in [-0.25, -0.2) is 4.68 Å². The van der Waals surface area contributed by atoms with Crippen molar-refractivity contribution >= 4 is 17.6 Å². The van der Waals surface area contributed by atoms with Crippen LogP contribution in [0.25, 0.3) is 5.00 Å². The Labute approximate surface area is 97.5 Å². The van der Waals surface area contributed by atoms with Crippen LogP contribution in [-0.4, -0.2) is 22.2 Å². The number of ether oxygens (including phenoxy) is 1. The number of carbonyl (C=O) groups excluding carboxylic acids is 1. The van der Waals surface area contributed by atoms with Crippen molar-refractivity contribution in [2.24, 2.45) is 0 Å². The predicted octanol–water partition coefficient (Wildman–Crippen LogP) is 2.53. The molecule has 0 atom stereocenters. The van der Waals surface area contributed by atoms with Gasteiger partial charge in [-0.05, 0) is 26.0 Å². The van der Waals surface area contributed by atoms with Crippen molar-refractivity contribution in [2.45, 2.75) is 20.0 Å². The highest BCUT2D eigenvalue weighted by atomic mass is 32.1. The lowest BCUT2D eigenvalue weighted by atomic mass is 10.5. The molecule has 0 aliphatic rings. The van der Waals surface area contributed by atoms with Crippen molar-refractivity contribution in [3.63, 3.8) is 0 Å². The maximum absolute atomic E-state index is 10.6. The summed E-state index contributed by atoms with van der Waals surface area (Å²) in [6.45, 7) is 3.93. The SMILES string of the molecule is CC(C)Oc1cnn(-c2ccc(C=O)s2)c1. The summed E-state index contributed by atoms with van der Waals surface area (Å²) >= 11 is 1.40. The maximum Gasteiger partial charge on any atom is 0.160 e. The number of hydrogen-bond acceptors (Lipinski definition) is 4. The predicted molar refractivity (Wildman–Crippen MR) is 62.6 cm³/mol. The molecule has 0 aliphatic heterocycles. The molecule has 0 aromatic carbocycles. The van der Waals surface area contributed by atoms with E-state index in [-0.39, 0.29) is 6.10 Å². The molecule has 16 heavy (non-hydrogen) atoms. The molecule has 0 unspecified atom stereocenters. The van der Waals surface area contributed by atoms with Crippen molar-refractivity contribution in [1.82, 2.24) is 9.78 Å². The summed E-state index contributed by atoms with van der Waals surface area (Å²) in [5.41, 5.74) is 0. The zero-order valence-electron chi connectivity index (χ0n) is 9.08. The van der Waals surface area contributed by atoms with Crippen LogP contribution in [0, 0.1) is 0 Å². The van der Waals surface area contributed by atoms with Crippen LogP contribution >= 0.6 is 11.3 Å². The monoisotopic (exact) mass is 236 g/mol. The number of nitrogens with zero attached hydrogens (tertiary/aromatic N) is 2. The Bertz CT molecular complexity index is 488. The van der Waals surface area contributed by atoms with E-state index < -0.39 is 0 Å². The summed E-state index contributed by atoms with van der Waals surface area (Å²) in [4.78, 5) is 11.2. The number of aldehydes is 1. The van der Waals surface area contributed by atoms with Crippen molar-refractivity contribution in [1.29, 1.82) is 0 Å². The third-order valence-corrected chi connectivity index (χ3v) is 2.89. The second-order valence-corrected chi connectivity index (χ2v) is 4.67. The third-order valence-electron chi connectivity index (χ3n) is 1.89. The van der Waals surface area contributed by atoms with E-state index in [0.717, 1.165) is 17.0 Å². The normalized spacial score (nSPS) is 10.7. The minimum Gasteiger partial charge on any atom is -0.488 e. The molecular formula is C11H12N2O2S. The summed E-state index contributed by atoms with van der Waals surface area (Å²) in [6, 6.07) is 3.64. The Morgan fingerprint density at radius 2 is 2.31 bits per heavy atom. The molecule has 5 heteroatoms. The molecule has 0 amide bonds. The van der Waals surface area contributed by atoms with Gasteiger partial charge in [0.1, 0.15) is 5.00 Å². The number of rotatable bonds is 4. The van der Waals surface area contributed by atoms with Crippen LogP contribution in [0.5, 0.6) is 5.75 Å². The summed E-state index contributed by atoms with van der Waals surface area (Å²) < 4.78 is 7.20. The fourth-order valence-corrected chi connectivity index (χ4v) is 2.04. The minimum atomic E-state index is 0.131. The van der Waals surface area contributed by atoms with Gasteiger partial charge in [-0.2, -0.15) is 5.10 Å². The largest absolute Gasteiger partial charge is 0.488 e. The average Bonchev–Trinajstić information content (AvgIpc) is 2.83. The lowest BCUT2D eigenvalue weighted by molar-refractivity contribution is 0.112. The molecule has 0 radical (unpaired) electrons. The van der Waals surface area contributed by atoms with Crippen LogP contribution in [0.15, 0.2) is 24.5 Å². The molecule has 4 nitrogen and oxygen atoms in total. The van der Waals surface area contributed by atoms with E-state index >= 15 is 0 Å². The fourth-order valence-electron chi connectivity index (χ4n) is 1.29. The van der Waals surface area contributed by atoms with Crippen molar-refractivity contribution in [3.8, 4) is 10.8 Å². The summed E-state index contributed by atoms with van der Waals surface area (Å²) in [6.07, 6.45) is 4.44. The molecule has 2 aromatic heterocycles. The van der Waals surface area contributed by atoms with Crippen molar-refractivity contribution < 1.29 is 9.53 Å². The van der Waals surface area contributed by atoms with Gasteiger partial charge < -0.3 is 4.74 Å². The molecule has 2 heterocycles. The molecule has 0 N–H and O–H groups in total. The van der Waals surface area contributed by atoms with Crippen LogP contribution < -0.4 is 4.74 Å². The summed E-state index contributed by atoms with van der Waals surface area (Å²) in [5.74, 6) is 0.732. The van der Waals surface area contributed by atoms with Gasteiger partial charge in [-0.3, -0.25) is 4.79 Å². The fraction of sp³-hybridized carbons (Fsp3) is 0.273. The molecule has 0 spiro atoms. The highest BCUT2D eigenvalue weighted by molar-refractivity contribution is 7.16. The zero-order chi connectivity index (χ0) is 11.5. The zero-order valence-corrected chi connectivity index (χ0v) is 9.90. The topological polar surface area (TPSA) is 44.1 Å². The molecule has 0 fully saturated rings. The number of thiophene rings is 1. The highest BCUT2D eigenvalue weighted by Gasteiger charge is 2.05. The molecule has 84 valence electrons. The second kappa shape index (κ2) is 4.49. The number of carbonyl (C=O) groups is 1. The van der Waals surface area contributed by atoms with E-state index in [2.05, 4.69) is 5.10 Å². The van der Waals surface area contributed by atoms with Gasteiger partial charge in [0.15, 0.2) is 12.0 Å². The third kappa shape index (κ3) is 2.30. The standard InChI is InChI=1S/C11H12N2O2S/c1-8(2)15-9-5-12-13(6-9)11-4-3-10(7-14)16-11/h3-8H,1-2H3. The summed E-state index contributed by atoms with van der Waals surface area (Å²) in [7, 11) is 0. The first-order chi connectivity index (χ1) is 7.69.